The molecule has 3 fully saturated rings. The Morgan fingerprint density at radius 1 is 1.15 bits per heavy atom. The fraction of sp³-hybridized carbons (Fsp3) is 0.857. The number of carbonyl (C=O) groups excluding carboxylic acids is 1. The number of amides is 1. The maximum absolute atomic E-state index is 12.6. The van der Waals surface area contributed by atoms with E-state index >= 15 is 0 Å². The lowest BCUT2D eigenvalue weighted by Crippen LogP contribution is -2.55. The number of rotatable bonds is 3. The van der Waals surface area contributed by atoms with Crippen LogP contribution >= 0.6 is 0 Å². The van der Waals surface area contributed by atoms with Crippen molar-refractivity contribution in [2.24, 2.45) is 5.41 Å². The topological polar surface area (TPSA) is 62.5 Å². The van der Waals surface area contributed by atoms with Crippen LogP contribution in [0, 0.1) is 5.41 Å². The quantitative estimate of drug-likeness (QED) is 0.810. The summed E-state index contributed by atoms with van der Waals surface area (Å²) >= 11 is 0. The molecule has 1 saturated carbocycles. The van der Waals surface area contributed by atoms with Gasteiger partial charge in [0, 0.05) is 36.4 Å². The number of hydrogen-bond acceptors (Lipinski definition) is 5. The average molecular weight is 375 g/mol. The number of carbonyl (C=O) groups is 1. The van der Waals surface area contributed by atoms with E-state index in [1.807, 2.05) is 0 Å². The Balaban J connectivity index is 1.42. The van der Waals surface area contributed by atoms with Gasteiger partial charge < -0.3 is 9.42 Å². The maximum Gasteiger partial charge on any atom is 0.232 e. The van der Waals surface area contributed by atoms with Gasteiger partial charge in [-0.2, -0.15) is 4.98 Å². The van der Waals surface area contributed by atoms with Crippen LogP contribution in [-0.2, 0) is 16.8 Å². The molecule has 0 N–H and O–H groups in total. The molecule has 0 bridgehead atoms. The molecule has 150 valence electrons. The summed E-state index contributed by atoms with van der Waals surface area (Å²) in [6, 6.07) is 0.497. The molecular formula is C21H34N4O2. The molecule has 2 aliphatic heterocycles. The first-order valence-corrected chi connectivity index (χ1v) is 10.7. The molecule has 0 unspecified atom stereocenters. The largest absolute Gasteiger partial charge is 0.339 e. The third-order valence-electron chi connectivity index (χ3n) is 6.68. The van der Waals surface area contributed by atoms with Gasteiger partial charge in [0.25, 0.3) is 0 Å². The molecule has 2 saturated heterocycles. The smallest absolute Gasteiger partial charge is 0.232 e. The second-order valence-corrected chi connectivity index (χ2v) is 10.0. The normalized spacial score (nSPS) is 28.4. The van der Waals surface area contributed by atoms with Crippen LogP contribution in [0.1, 0.15) is 83.9 Å². The Bertz CT molecular complexity index is 674. The van der Waals surface area contributed by atoms with Crippen LogP contribution in [-0.4, -0.2) is 51.5 Å². The van der Waals surface area contributed by atoms with E-state index in [-0.39, 0.29) is 10.8 Å². The predicted molar refractivity (Wildman–Crippen MR) is 103 cm³/mol. The summed E-state index contributed by atoms with van der Waals surface area (Å²) < 4.78 is 5.47. The molecule has 1 aliphatic carbocycles. The average Bonchev–Trinajstić information content (AvgIpc) is 3.29. The zero-order valence-electron chi connectivity index (χ0n) is 17.2. The first kappa shape index (κ1) is 18.9. The van der Waals surface area contributed by atoms with Gasteiger partial charge in [-0.25, -0.2) is 0 Å². The lowest BCUT2D eigenvalue weighted by molar-refractivity contribution is -0.142. The third kappa shape index (κ3) is 4.05. The minimum atomic E-state index is -0.111. The van der Waals surface area contributed by atoms with E-state index in [9.17, 15) is 4.79 Å². The Labute approximate surface area is 162 Å². The Hall–Kier alpha value is -1.43. The zero-order chi connectivity index (χ0) is 19.1. The second-order valence-electron chi connectivity index (χ2n) is 10.0. The predicted octanol–water partition coefficient (Wildman–Crippen LogP) is 3.51. The molecule has 0 radical (unpaired) electrons. The molecule has 1 aromatic heterocycles. The zero-order valence-corrected chi connectivity index (χ0v) is 17.2. The summed E-state index contributed by atoms with van der Waals surface area (Å²) in [5.74, 6) is 1.88. The summed E-state index contributed by atoms with van der Waals surface area (Å²) in [5, 5.41) is 4.21. The number of piperidine rings is 2. The van der Waals surface area contributed by atoms with Crippen molar-refractivity contribution in [1.29, 1.82) is 0 Å². The number of nitrogens with zero attached hydrogens (tertiary/aromatic N) is 4. The van der Waals surface area contributed by atoms with Gasteiger partial charge >= 0.3 is 0 Å². The van der Waals surface area contributed by atoms with Crippen LogP contribution < -0.4 is 0 Å². The van der Waals surface area contributed by atoms with Crippen molar-refractivity contribution in [1.82, 2.24) is 19.9 Å². The van der Waals surface area contributed by atoms with Crippen molar-refractivity contribution in [3.8, 4) is 0 Å². The highest BCUT2D eigenvalue weighted by molar-refractivity contribution is 5.77. The lowest BCUT2D eigenvalue weighted by atomic mass is 9.73. The van der Waals surface area contributed by atoms with E-state index in [1.165, 1.54) is 38.5 Å². The standard InChI is InChI=1S/C21H34N4O2/c1-20(2,3)19-22-17(23-27-19)13-24-12-6-10-21(14-24)11-9-18(26)25(15-21)16-7-4-5-8-16/h16H,4-15H2,1-3H3/t21-/m1/s1. The molecular weight excluding hydrogens is 340 g/mol. The molecule has 3 aliphatic rings. The molecule has 0 aromatic carbocycles. The van der Waals surface area contributed by atoms with E-state index in [1.54, 1.807) is 0 Å². The molecule has 6 nitrogen and oxygen atoms in total. The summed E-state index contributed by atoms with van der Waals surface area (Å²) in [6.45, 7) is 10.1. The molecule has 1 spiro atoms. The summed E-state index contributed by atoms with van der Waals surface area (Å²) in [7, 11) is 0. The molecule has 1 amide bonds. The van der Waals surface area contributed by atoms with E-state index in [0.29, 0.717) is 17.8 Å². The molecule has 1 aromatic rings. The van der Waals surface area contributed by atoms with Crippen molar-refractivity contribution in [2.75, 3.05) is 19.6 Å². The number of hydrogen-bond donors (Lipinski definition) is 0. The minimum absolute atomic E-state index is 0.111. The van der Waals surface area contributed by atoms with Gasteiger partial charge in [-0.3, -0.25) is 9.69 Å². The molecule has 6 heteroatoms. The molecule has 3 heterocycles. The van der Waals surface area contributed by atoms with Crippen molar-refractivity contribution in [3.63, 3.8) is 0 Å². The van der Waals surface area contributed by atoms with Gasteiger partial charge in [-0.1, -0.05) is 38.8 Å². The number of aromatic nitrogens is 2. The summed E-state index contributed by atoms with van der Waals surface area (Å²) in [6.07, 6.45) is 9.14. The van der Waals surface area contributed by atoms with Crippen molar-refractivity contribution in [2.45, 2.75) is 90.1 Å². The van der Waals surface area contributed by atoms with E-state index in [0.717, 1.165) is 44.8 Å². The van der Waals surface area contributed by atoms with Crippen molar-refractivity contribution >= 4 is 5.91 Å². The van der Waals surface area contributed by atoms with Crippen molar-refractivity contribution < 1.29 is 9.32 Å². The van der Waals surface area contributed by atoms with Crippen molar-refractivity contribution in [3.05, 3.63) is 11.7 Å². The maximum atomic E-state index is 12.6. The Morgan fingerprint density at radius 2 is 1.93 bits per heavy atom. The van der Waals surface area contributed by atoms with Crippen LogP contribution in [0.25, 0.3) is 0 Å². The van der Waals surface area contributed by atoms with Crippen LogP contribution in [0.4, 0.5) is 0 Å². The molecule has 4 rings (SSSR count). The van der Waals surface area contributed by atoms with E-state index < -0.39 is 0 Å². The Morgan fingerprint density at radius 3 is 2.63 bits per heavy atom. The van der Waals surface area contributed by atoms with Crippen LogP contribution in [0.5, 0.6) is 0 Å². The third-order valence-corrected chi connectivity index (χ3v) is 6.68. The van der Waals surface area contributed by atoms with Crippen LogP contribution in [0.3, 0.4) is 0 Å². The minimum Gasteiger partial charge on any atom is -0.339 e. The molecule has 1 atom stereocenters. The van der Waals surface area contributed by atoms with Gasteiger partial charge in [0.05, 0.1) is 6.54 Å². The second kappa shape index (κ2) is 7.19. The number of likely N-dealkylation sites (tertiary alicyclic amines) is 2. The first-order chi connectivity index (χ1) is 12.8. The molecule has 27 heavy (non-hydrogen) atoms. The highest BCUT2D eigenvalue weighted by Gasteiger charge is 2.44. The fourth-order valence-corrected chi connectivity index (χ4v) is 5.19. The van der Waals surface area contributed by atoms with E-state index in [2.05, 4.69) is 40.7 Å². The summed E-state index contributed by atoms with van der Waals surface area (Å²) in [4.78, 5) is 21.9. The van der Waals surface area contributed by atoms with Gasteiger partial charge in [0.2, 0.25) is 11.8 Å². The summed E-state index contributed by atoms with van der Waals surface area (Å²) in [5.41, 5.74) is 0.144. The first-order valence-electron chi connectivity index (χ1n) is 10.7. The highest BCUT2D eigenvalue weighted by atomic mass is 16.5. The monoisotopic (exact) mass is 374 g/mol. The fourth-order valence-electron chi connectivity index (χ4n) is 5.19. The van der Waals surface area contributed by atoms with Crippen LogP contribution in [0.15, 0.2) is 4.52 Å². The van der Waals surface area contributed by atoms with Crippen LogP contribution in [0.2, 0.25) is 0 Å². The Kier molecular flexibility index (Phi) is 5.04. The van der Waals surface area contributed by atoms with Gasteiger partial charge in [0.1, 0.15) is 0 Å². The lowest BCUT2D eigenvalue weighted by Gasteiger charge is -2.49. The highest BCUT2D eigenvalue weighted by Crippen LogP contribution is 2.41. The van der Waals surface area contributed by atoms with Gasteiger partial charge in [-0.15, -0.1) is 0 Å². The van der Waals surface area contributed by atoms with Gasteiger partial charge in [0.15, 0.2) is 5.82 Å². The SMILES string of the molecule is CC(C)(C)c1nc(CN2CCC[C@@]3(CCC(=O)N(C4CCCC4)C3)C2)no1. The van der Waals surface area contributed by atoms with Gasteiger partial charge in [-0.05, 0) is 38.6 Å². The van der Waals surface area contributed by atoms with E-state index in [4.69, 9.17) is 4.52 Å².